The summed E-state index contributed by atoms with van der Waals surface area (Å²) >= 11 is 0. The van der Waals surface area contributed by atoms with Crippen LogP contribution in [0.5, 0.6) is 0 Å². The Hall–Kier alpha value is -0.340. The van der Waals surface area contributed by atoms with Crippen LogP contribution in [0, 0.1) is 0 Å². The van der Waals surface area contributed by atoms with Gasteiger partial charge in [0.2, 0.25) is 10.0 Å². The third-order valence-corrected chi connectivity index (χ3v) is 1.66. The molecule has 0 aromatic carbocycles. The highest BCUT2D eigenvalue weighted by atomic mass is 32.2. The van der Waals surface area contributed by atoms with Gasteiger partial charge in [-0.25, -0.2) is 13.6 Å². The van der Waals surface area contributed by atoms with Gasteiger partial charge in [-0.2, -0.15) is 13.2 Å². The van der Waals surface area contributed by atoms with Gasteiger partial charge in [-0.15, -0.1) is 0 Å². The van der Waals surface area contributed by atoms with E-state index < -0.39 is 28.5 Å². The lowest BCUT2D eigenvalue weighted by Gasteiger charge is -2.06. The van der Waals surface area contributed by atoms with Crippen molar-refractivity contribution in [2.24, 2.45) is 5.14 Å². The van der Waals surface area contributed by atoms with Gasteiger partial charge in [0, 0.05) is 6.54 Å². The summed E-state index contributed by atoms with van der Waals surface area (Å²) in [5.74, 6) is -0.497. The van der Waals surface area contributed by atoms with Crippen LogP contribution >= 0.6 is 0 Å². The maximum absolute atomic E-state index is 11.4. The summed E-state index contributed by atoms with van der Waals surface area (Å²) in [5.41, 5.74) is 0. The first-order chi connectivity index (χ1) is 5.21. The van der Waals surface area contributed by atoms with E-state index in [1.54, 1.807) is 0 Å². The summed E-state index contributed by atoms with van der Waals surface area (Å²) in [7, 11) is -3.67. The maximum Gasteiger partial charge on any atom is 0.401 e. The Morgan fingerprint density at radius 1 is 1.33 bits per heavy atom. The highest BCUT2D eigenvalue weighted by molar-refractivity contribution is 7.89. The standard InChI is InChI=1S/C4H9F3N2O2S/c5-4(6,7)3-9-1-2-12(8,10)11/h9H,1-3H2,(H2,8,10,11). The molecule has 0 saturated heterocycles. The summed E-state index contributed by atoms with van der Waals surface area (Å²) in [6.07, 6.45) is -4.32. The van der Waals surface area contributed by atoms with E-state index in [1.165, 1.54) is 0 Å². The Morgan fingerprint density at radius 3 is 2.17 bits per heavy atom. The van der Waals surface area contributed by atoms with Crippen molar-refractivity contribution in [2.45, 2.75) is 6.18 Å². The molecule has 4 nitrogen and oxygen atoms in total. The molecule has 0 heterocycles. The molecule has 0 aliphatic heterocycles. The summed E-state index contributed by atoms with van der Waals surface area (Å²) in [4.78, 5) is 0. The minimum atomic E-state index is -4.32. The predicted molar refractivity (Wildman–Crippen MR) is 36.9 cm³/mol. The minimum absolute atomic E-state index is 0.293. The number of halogens is 3. The molecule has 0 aromatic rings. The zero-order chi connectivity index (χ0) is 9.83. The fraction of sp³-hybridized carbons (Fsp3) is 1.00. The van der Waals surface area contributed by atoms with Crippen molar-refractivity contribution in [3.8, 4) is 0 Å². The lowest BCUT2D eigenvalue weighted by atomic mass is 10.6. The molecule has 0 spiro atoms. The number of nitrogens with two attached hydrogens (primary N) is 1. The number of nitrogens with one attached hydrogen (secondary N) is 1. The number of alkyl halides is 3. The Balaban J connectivity index is 3.48. The summed E-state index contributed by atoms with van der Waals surface area (Å²) in [5, 5.41) is 6.43. The predicted octanol–water partition coefficient (Wildman–Crippen LogP) is -0.573. The topological polar surface area (TPSA) is 72.2 Å². The van der Waals surface area contributed by atoms with Crippen molar-refractivity contribution in [3.05, 3.63) is 0 Å². The molecular weight excluding hydrogens is 197 g/mol. The van der Waals surface area contributed by atoms with Gasteiger partial charge in [0.1, 0.15) is 0 Å². The largest absolute Gasteiger partial charge is 0.401 e. The van der Waals surface area contributed by atoms with Gasteiger partial charge in [0.05, 0.1) is 12.3 Å². The first-order valence-electron chi connectivity index (χ1n) is 2.99. The molecule has 0 aromatic heterocycles. The third kappa shape index (κ3) is 9.66. The van der Waals surface area contributed by atoms with Crippen molar-refractivity contribution in [2.75, 3.05) is 18.8 Å². The molecule has 0 rings (SSSR count). The van der Waals surface area contributed by atoms with E-state index in [-0.39, 0.29) is 6.54 Å². The molecule has 3 N–H and O–H groups in total. The average molecular weight is 206 g/mol. The van der Waals surface area contributed by atoms with Crippen molar-refractivity contribution < 1.29 is 21.6 Å². The molecule has 0 aliphatic rings. The molecule has 12 heavy (non-hydrogen) atoms. The van der Waals surface area contributed by atoms with Gasteiger partial charge in [-0.1, -0.05) is 0 Å². The van der Waals surface area contributed by atoms with E-state index in [4.69, 9.17) is 0 Å². The molecule has 0 radical (unpaired) electrons. The van der Waals surface area contributed by atoms with E-state index in [0.29, 0.717) is 0 Å². The molecule has 0 fully saturated rings. The normalized spacial score (nSPS) is 13.3. The van der Waals surface area contributed by atoms with Crippen LogP contribution in [0.15, 0.2) is 0 Å². The van der Waals surface area contributed by atoms with E-state index in [9.17, 15) is 21.6 Å². The summed E-state index contributed by atoms with van der Waals surface area (Å²) in [6, 6.07) is 0. The number of hydrogen-bond donors (Lipinski definition) is 2. The lowest BCUT2D eigenvalue weighted by Crippen LogP contribution is -2.33. The second-order valence-corrected chi connectivity index (χ2v) is 3.89. The fourth-order valence-corrected chi connectivity index (χ4v) is 0.873. The Morgan fingerprint density at radius 2 is 1.83 bits per heavy atom. The smallest absolute Gasteiger partial charge is 0.308 e. The van der Waals surface area contributed by atoms with Gasteiger partial charge in [0.25, 0.3) is 0 Å². The average Bonchev–Trinajstić information content (AvgIpc) is 1.76. The monoisotopic (exact) mass is 206 g/mol. The Labute approximate surface area is 68.0 Å². The van der Waals surface area contributed by atoms with Crippen molar-refractivity contribution in [1.82, 2.24) is 5.32 Å². The molecule has 0 aliphatic carbocycles. The van der Waals surface area contributed by atoms with E-state index in [2.05, 4.69) is 5.14 Å². The first kappa shape index (κ1) is 11.7. The van der Waals surface area contributed by atoms with Gasteiger partial charge in [-0.3, -0.25) is 0 Å². The summed E-state index contributed by atoms with van der Waals surface area (Å²) in [6.45, 7) is -1.50. The van der Waals surface area contributed by atoms with Crippen LogP contribution < -0.4 is 10.5 Å². The van der Waals surface area contributed by atoms with Gasteiger partial charge in [-0.05, 0) is 0 Å². The second kappa shape index (κ2) is 4.06. The van der Waals surface area contributed by atoms with Crippen LogP contribution in [0.3, 0.4) is 0 Å². The fourth-order valence-electron chi connectivity index (χ4n) is 0.445. The first-order valence-corrected chi connectivity index (χ1v) is 4.70. The Kier molecular flexibility index (Phi) is 3.94. The van der Waals surface area contributed by atoms with Crippen molar-refractivity contribution >= 4 is 10.0 Å². The highest BCUT2D eigenvalue weighted by Gasteiger charge is 2.26. The van der Waals surface area contributed by atoms with Crippen LogP contribution in [0.2, 0.25) is 0 Å². The molecular formula is C4H9F3N2O2S. The lowest BCUT2D eigenvalue weighted by molar-refractivity contribution is -0.124. The van der Waals surface area contributed by atoms with Crippen LogP contribution in [0.4, 0.5) is 13.2 Å². The minimum Gasteiger partial charge on any atom is -0.308 e. The van der Waals surface area contributed by atoms with Crippen LogP contribution in [0.25, 0.3) is 0 Å². The number of hydrogen-bond acceptors (Lipinski definition) is 3. The van der Waals surface area contributed by atoms with Crippen LogP contribution in [-0.4, -0.2) is 33.4 Å². The van der Waals surface area contributed by atoms with Gasteiger partial charge >= 0.3 is 6.18 Å². The quantitative estimate of drug-likeness (QED) is 0.605. The van der Waals surface area contributed by atoms with Gasteiger partial charge < -0.3 is 5.32 Å². The zero-order valence-corrected chi connectivity index (χ0v) is 6.87. The molecule has 74 valence electrons. The van der Waals surface area contributed by atoms with Crippen molar-refractivity contribution in [3.63, 3.8) is 0 Å². The molecule has 0 amide bonds. The van der Waals surface area contributed by atoms with E-state index in [1.807, 2.05) is 5.32 Å². The summed E-state index contributed by atoms with van der Waals surface area (Å²) < 4.78 is 54.7. The highest BCUT2D eigenvalue weighted by Crippen LogP contribution is 2.11. The molecule has 0 bridgehead atoms. The van der Waals surface area contributed by atoms with Crippen molar-refractivity contribution in [1.29, 1.82) is 0 Å². The van der Waals surface area contributed by atoms with Crippen LogP contribution in [0.1, 0.15) is 0 Å². The van der Waals surface area contributed by atoms with E-state index in [0.717, 1.165) is 0 Å². The molecule has 0 saturated carbocycles. The molecule has 8 heteroatoms. The second-order valence-electron chi connectivity index (χ2n) is 2.16. The molecule has 0 unspecified atom stereocenters. The Bertz CT molecular complexity index is 223. The van der Waals surface area contributed by atoms with Gasteiger partial charge in [0.15, 0.2) is 0 Å². The number of sulfonamides is 1. The third-order valence-electron chi connectivity index (χ3n) is 0.889. The van der Waals surface area contributed by atoms with Crippen LogP contribution in [-0.2, 0) is 10.0 Å². The number of primary sulfonamides is 1. The zero-order valence-electron chi connectivity index (χ0n) is 6.06. The number of rotatable bonds is 4. The maximum atomic E-state index is 11.4. The molecule has 0 atom stereocenters. The SMILES string of the molecule is NS(=O)(=O)CCNCC(F)(F)F. The van der Waals surface area contributed by atoms with E-state index >= 15 is 0 Å².